The summed E-state index contributed by atoms with van der Waals surface area (Å²) in [7, 11) is 0. The fraction of sp³-hybridized carbons (Fsp3) is 0.529. The van der Waals surface area contributed by atoms with Crippen molar-refractivity contribution in [3.8, 4) is 11.4 Å². The number of likely N-dealkylation sites (tertiary alicyclic amines) is 1. The minimum atomic E-state index is 0.192. The van der Waals surface area contributed by atoms with Gasteiger partial charge in [-0.2, -0.15) is 4.80 Å². The van der Waals surface area contributed by atoms with Crippen LogP contribution >= 0.6 is 0 Å². The Morgan fingerprint density at radius 1 is 1.33 bits per heavy atom. The number of piperidine rings is 1. The number of carbonyl (C=O) groups excluding carboxylic acids is 1. The highest BCUT2D eigenvalue weighted by atomic mass is 16.2. The van der Waals surface area contributed by atoms with Crippen molar-refractivity contribution in [1.29, 1.82) is 0 Å². The molecule has 1 aromatic heterocycles. The number of benzene rings is 1. The van der Waals surface area contributed by atoms with E-state index in [2.05, 4.69) is 22.3 Å². The molecule has 1 amide bonds. The van der Waals surface area contributed by atoms with Gasteiger partial charge in [-0.3, -0.25) is 4.79 Å². The topological polar surface area (TPSA) is 89.9 Å². The highest BCUT2D eigenvalue weighted by Gasteiger charge is 2.26. The summed E-state index contributed by atoms with van der Waals surface area (Å²) in [6, 6.07) is 10.2. The molecule has 128 valence electrons. The zero-order valence-electron chi connectivity index (χ0n) is 14.0. The van der Waals surface area contributed by atoms with Crippen LogP contribution in [0, 0.1) is 0 Å². The summed E-state index contributed by atoms with van der Waals surface area (Å²) in [5.41, 5.74) is 6.89. The molecule has 0 radical (unpaired) electrons. The van der Waals surface area contributed by atoms with Gasteiger partial charge in [-0.1, -0.05) is 30.3 Å². The zero-order valence-corrected chi connectivity index (χ0v) is 14.0. The van der Waals surface area contributed by atoms with Crippen LogP contribution in [0.1, 0.15) is 32.6 Å². The molecule has 3 rings (SSSR count). The molecule has 1 saturated heterocycles. The molecule has 2 N–H and O–H groups in total. The van der Waals surface area contributed by atoms with E-state index in [0.717, 1.165) is 24.9 Å². The predicted octanol–water partition coefficient (Wildman–Crippen LogP) is 1.46. The van der Waals surface area contributed by atoms with Crippen molar-refractivity contribution in [1.82, 2.24) is 25.1 Å². The van der Waals surface area contributed by atoms with Crippen molar-refractivity contribution >= 4 is 5.91 Å². The van der Waals surface area contributed by atoms with Crippen LogP contribution in [-0.4, -0.2) is 49.6 Å². The SMILES string of the molecule is CC1CC(N)CCN1C(=O)CCCn1nnc(-c2ccccc2)n1. The lowest BCUT2D eigenvalue weighted by Gasteiger charge is -2.36. The van der Waals surface area contributed by atoms with E-state index in [1.165, 1.54) is 0 Å². The first-order valence-corrected chi connectivity index (χ1v) is 8.52. The van der Waals surface area contributed by atoms with Crippen molar-refractivity contribution in [3.05, 3.63) is 30.3 Å². The number of nitrogens with two attached hydrogens (primary N) is 1. The molecule has 1 aliphatic rings. The van der Waals surface area contributed by atoms with Crippen LogP contribution in [0.25, 0.3) is 11.4 Å². The van der Waals surface area contributed by atoms with Crippen molar-refractivity contribution < 1.29 is 4.79 Å². The third kappa shape index (κ3) is 3.97. The number of nitrogens with zero attached hydrogens (tertiary/aromatic N) is 5. The van der Waals surface area contributed by atoms with Gasteiger partial charge in [0.05, 0.1) is 6.54 Å². The third-order valence-corrected chi connectivity index (χ3v) is 4.47. The summed E-state index contributed by atoms with van der Waals surface area (Å²) in [5, 5.41) is 12.5. The number of amides is 1. The molecule has 2 unspecified atom stereocenters. The standard InChI is InChI=1S/C17H24N6O/c1-13-12-15(18)9-11-22(13)16(24)8-5-10-23-20-17(19-21-23)14-6-3-2-4-7-14/h2-4,6-7,13,15H,5,8-12,18H2,1H3. The minimum absolute atomic E-state index is 0.192. The van der Waals surface area contributed by atoms with Gasteiger partial charge < -0.3 is 10.6 Å². The quantitative estimate of drug-likeness (QED) is 0.897. The molecule has 24 heavy (non-hydrogen) atoms. The third-order valence-electron chi connectivity index (χ3n) is 4.47. The summed E-state index contributed by atoms with van der Waals surface area (Å²) >= 11 is 0. The molecule has 2 heterocycles. The average Bonchev–Trinajstić information content (AvgIpc) is 3.04. The van der Waals surface area contributed by atoms with Crippen LogP contribution < -0.4 is 5.73 Å². The number of aryl methyl sites for hydroxylation is 1. The lowest BCUT2D eigenvalue weighted by Crippen LogP contribution is -2.48. The molecule has 0 saturated carbocycles. The van der Waals surface area contributed by atoms with Crippen LogP contribution in [-0.2, 0) is 11.3 Å². The van der Waals surface area contributed by atoms with Crippen LogP contribution in [0.4, 0.5) is 0 Å². The largest absolute Gasteiger partial charge is 0.340 e. The maximum absolute atomic E-state index is 12.4. The number of hydrogen-bond donors (Lipinski definition) is 1. The number of aromatic nitrogens is 4. The zero-order chi connectivity index (χ0) is 16.9. The van der Waals surface area contributed by atoms with E-state index in [4.69, 9.17) is 5.73 Å². The number of rotatable bonds is 5. The lowest BCUT2D eigenvalue weighted by molar-refractivity contribution is -0.134. The molecule has 7 nitrogen and oxygen atoms in total. The molecule has 1 fully saturated rings. The second-order valence-corrected chi connectivity index (χ2v) is 6.40. The van der Waals surface area contributed by atoms with Gasteiger partial charge in [0, 0.05) is 30.6 Å². The van der Waals surface area contributed by atoms with Crippen LogP contribution in [0.2, 0.25) is 0 Å². The summed E-state index contributed by atoms with van der Waals surface area (Å²) in [5.74, 6) is 0.804. The van der Waals surface area contributed by atoms with Crippen LogP contribution in [0.3, 0.4) is 0 Å². The van der Waals surface area contributed by atoms with Crippen molar-refractivity contribution in [2.45, 2.75) is 51.2 Å². The number of hydrogen-bond acceptors (Lipinski definition) is 5. The second-order valence-electron chi connectivity index (χ2n) is 6.40. The maximum atomic E-state index is 12.4. The predicted molar refractivity (Wildman–Crippen MR) is 90.9 cm³/mol. The summed E-state index contributed by atoms with van der Waals surface area (Å²) in [4.78, 5) is 15.9. The van der Waals surface area contributed by atoms with E-state index in [1.807, 2.05) is 35.2 Å². The molecule has 7 heteroatoms. The molecule has 2 aromatic rings. The van der Waals surface area contributed by atoms with E-state index < -0.39 is 0 Å². The van der Waals surface area contributed by atoms with Crippen LogP contribution in [0.5, 0.6) is 0 Å². The van der Waals surface area contributed by atoms with Gasteiger partial charge in [-0.05, 0) is 31.4 Å². The lowest BCUT2D eigenvalue weighted by atomic mass is 9.98. The van der Waals surface area contributed by atoms with E-state index in [9.17, 15) is 4.79 Å². The Morgan fingerprint density at radius 3 is 2.88 bits per heavy atom. The van der Waals surface area contributed by atoms with Gasteiger partial charge >= 0.3 is 0 Å². The molecule has 0 aliphatic carbocycles. The first-order valence-electron chi connectivity index (χ1n) is 8.52. The summed E-state index contributed by atoms with van der Waals surface area (Å²) in [6.07, 6.45) is 2.98. The van der Waals surface area contributed by atoms with E-state index in [-0.39, 0.29) is 18.0 Å². The summed E-state index contributed by atoms with van der Waals surface area (Å²) < 4.78 is 0. The average molecular weight is 328 g/mol. The first kappa shape index (κ1) is 16.6. The second kappa shape index (κ2) is 7.53. The van der Waals surface area contributed by atoms with E-state index >= 15 is 0 Å². The fourth-order valence-electron chi connectivity index (χ4n) is 3.14. The Bertz CT molecular complexity index is 671. The Kier molecular flexibility index (Phi) is 5.20. The molecular formula is C17H24N6O. The highest BCUT2D eigenvalue weighted by Crippen LogP contribution is 2.17. The van der Waals surface area contributed by atoms with Gasteiger partial charge in [0.1, 0.15) is 0 Å². The van der Waals surface area contributed by atoms with Gasteiger partial charge in [-0.15, -0.1) is 10.2 Å². The Balaban J connectivity index is 1.48. The van der Waals surface area contributed by atoms with Crippen LogP contribution in [0.15, 0.2) is 30.3 Å². The normalized spacial score (nSPS) is 21.0. The molecular weight excluding hydrogens is 304 g/mol. The fourth-order valence-corrected chi connectivity index (χ4v) is 3.14. The minimum Gasteiger partial charge on any atom is -0.340 e. The Labute approximate surface area is 141 Å². The molecule has 1 aliphatic heterocycles. The Morgan fingerprint density at radius 2 is 2.12 bits per heavy atom. The highest BCUT2D eigenvalue weighted by molar-refractivity contribution is 5.76. The molecule has 0 bridgehead atoms. The van der Waals surface area contributed by atoms with E-state index in [1.54, 1.807) is 4.80 Å². The smallest absolute Gasteiger partial charge is 0.222 e. The van der Waals surface area contributed by atoms with Gasteiger partial charge in [0.25, 0.3) is 0 Å². The van der Waals surface area contributed by atoms with Gasteiger partial charge in [0.2, 0.25) is 11.7 Å². The van der Waals surface area contributed by atoms with Gasteiger partial charge in [0.15, 0.2) is 0 Å². The van der Waals surface area contributed by atoms with Crippen molar-refractivity contribution in [2.75, 3.05) is 6.54 Å². The molecule has 0 spiro atoms. The number of tetrazole rings is 1. The van der Waals surface area contributed by atoms with E-state index in [0.29, 0.717) is 25.2 Å². The number of carbonyl (C=O) groups is 1. The monoisotopic (exact) mass is 328 g/mol. The molecule has 2 atom stereocenters. The first-order chi connectivity index (χ1) is 11.6. The molecule has 1 aromatic carbocycles. The van der Waals surface area contributed by atoms with Crippen molar-refractivity contribution in [3.63, 3.8) is 0 Å². The Hall–Kier alpha value is -2.28. The summed E-state index contributed by atoms with van der Waals surface area (Å²) in [6.45, 7) is 3.43. The maximum Gasteiger partial charge on any atom is 0.222 e. The van der Waals surface area contributed by atoms with Gasteiger partial charge in [-0.25, -0.2) is 0 Å². The van der Waals surface area contributed by atoms with Crippen molar-refractivity contribution in [2.24, 2.45) is 5.73 Å².